The van der Waals surface area contributed by atoms with Crippen LogP contribution in [0.25, 0.3) is 0 Å². The van der Waals surface area contributed by atoms with Crippen LogP contribution >= 0.6 is 0 Å². The van der Waals surface area contributed by atoms with Gasteiger partial charge in [-0.05, 0) is 49.6 Å². The number of nitrogens with one attached hydrogen (secondary N) is 1. The first-order valence-electron chi connectivity index (χ1n) is 8.95. The maximum absolute atomic E-state index is 12.5. The van der Waals surface area contributed by atoms with Crippen molar-refractivity contribution in [3.8, 4) is 5.75 Å². The zero-order chi connectivity index (χ0) is 18.2. The van der Waals surface area contributed by atoms with Crippen molar-refractivity contribution in [2.24, 2.45) is 5.92 Å². The van der Waals surface area contributed by atoms with Gasteiger partial charge < -0.3 is 15.0 Å². The number of methoxy groups -OCH3 is 1. The molecule has 1 atom stereocenters. The number of carbonyl (C=O) groups excluding carboxylic acids is 2. The molecule has 25 heavy (non-hydrogen) atoms. The van der Waals surface area contributed by atoms with Gasteiger partial charge >= 0.3 is 0 Å². The quantitative estimate of drug-likeness (QED) is 0.821. The van der Waals surface area contributed by atoms with Crippen LogP contribution in [0.4, 0.5) is 5.69 Å². The third-order valence-electron chi connectivity index (χ3n) is 4.56. The van der Waals surface area contributed by atoms with E-state index in [2.05, 4.69) is 12.2 Å². The SMILES string of the molecule is CCN(CC(=O)Nc1ccc(OC)cc1)CC(=O)N1CCC[C@@H](C)C1. The Morgan fingerprint density at radius 2 is 2.00 bits per heavy atom. The molecule has 1 aromatic carbocycles. The smallest absolute Gasteiger partial charge is 0.238 e. The Hall–Kier alpha value is -2.08. The van der Waals surface area contributed by atoms with Crippen LogP contribution in [-0.2, 0) is 9.59 Å². The Bertz CT molecular complexity index is 574. The molecule has 0 spiro atoms. The predicted octanol–water partition coefficient (Wildman–Crippen LogP) is 2.21. The molecule has 1 aromatic rings. The highest BCUT2D eigenvalue weighted by Crippen LogP contribution is 2.16. The monoisotopic (exact) mass is 347 g/mol. The van der Waals surface area contributed by atoms with Gasteiger partial charge in [0.25, 0.3) is 0 Å². The third kappa shape index (κ3) is 6.05. The van der Waals surface area contributed by atoms with Gasteiger partial charge in [0.15, 0.2) is 0 Å². The fourth-order valence-electron chi connectivity index (χ4n) is 3.06. The molecule has 1 N–H and O–H groups in total. The van der Waals surface area contributed by atoms with Crippen molar-refractivity contribution in [1.82, 2.24) is 9.80 Å². The molecule has 1 aliphatic heterocycles. The second-order valence-corrected chi connectivity index (χ2v) is 6.67. The molecule has 0 radical (unpaired) electrons. The lowest BCUT2D eigenvalue weighted by molar-refractivity contribution is -0.134. The summed E-state index contributed by atoms with van der Waals surface area (Å²) >= 11 is 0. The summed E-state index contributed by atoms with van der Waals surface area (Å²) in [5.41, 5.74) is 0.720. The van der Waals surface area contributed by atoms with Gasteiger partial charge in [-0.15, -0.1) is 0 Å². The van der Waals surface area contributed by atoms with E-state index in [4.69, 9.17) is 4.74 Å². The lowest BCUT2D eigenvalue weighted by Gasteiger charge is -2.32. The van der Waals surface area contributed by atoms with Crippen LogP contribution in [0, 0.1) is 5.92 Å². The van der Waals surface area contributed by atoms with E-state index in [-0.39, 0.29) is 18.4 Å². The van der Waals surface area contributed by atoms with Gasteiger partial charge in [-0.3, -0.25) is 14.5 Å². The van der Waals surface area contributed by atoms with Crippen LogP contribution in [0.5, 0.6) is 5.75 Å². The number of anilines is 1. The molecule has 0 aromatic heterocycles. The fraction of sp³-hybridized carbons (Fsp3) is 0.579. The topological polar surface area (TPSA) is 61.9 Å². The van der Waals surface area contributed by atoms with Crippen LogP contribution in [-0.4, -0.2) is 61.4 Å². The molecule has 1 saturated heterocycles. The molecule has 0 saturated carbocycles. The van der Waals surface area contributed by atoms with Crippen LogP contribution in [0.1, 0.15) is 26.7 Å². The zero-order valence-electron chi connectivity index (χ0n) is 15.5. The Kier molecular flexibility index (Phi) is 7.25. The number of nitrogens with zero attached hydrogens (tertiary/aromatic N) is 2. The summed E-state index contributed by atoms with van der Waals surface area (Å²) < 4.78 is 5.10. The highest BCUT2D eigenvalue weighted by molar-refractivity contribution is 5.92. The average molecular weight is 347 g/mol. The van der Waals surface area contributed by atoms with Gasteiger partial charge in [-0.25, -0.2) is 0 Å². The second-order valence-electron chi connectivity index (χ2n) is 6.67. The fourth-order valence-corrected chi connectivity index (χ4v) is 3.06. The van der Waals surface area contributed by atoms with Gasteiger partial charge in [0, 0.05) is 18.8 Å². The standard InChI is InChI=1S/C19H29N3O3/c1-4-21(14-19(24)22-11-5-6-15(2)12-22)13-18(23)20-16-7-9-17(25-3)10-8-16/h7-10,15H,4-6,11-14H2,1-3H3,(H,20,23)/t15-/m1/s1. The highest BCUT2D eigenvalue weighted by Gasteiger charge is 2.23. The van der Waals surface area contributed by atoms with Crippen molar-refractivity contribution in [2.45, 2.75) is 26.7 Å². The predicted molar refractivity (Wildman–Crippen MR) is 98.7 cm³/mol. The first-order chi connectivity index (χ1) is 12.0. The van der Waals surface area contributed by atoms with Crippen molar-refractivity contribution in [2.75, 3.05) is 45.2 Å². The first-order valence-corrected chi connectivity index (χ1v) is 8.95. The lowest BCUT2D eigenvalue weighted by Crippen LogP contribution is -2.46. The van der Waals surface area contributed by atoms with E-state index in [9.17, 15) is 9.59 Å². The minimum absolute atomic E-state index is 0.116. The number of hydrogen-bond donors (Lipinski definition) is 1. The summed E-state index contributed by atoms with van der Waals surface area (Å²) in [5, 5.41) is 2.86. The highest BCUT2D eigenvalue weighted by atomic mass is 16.5. The molecule has 138 valence electrons. The molecule has 0 unspecified atom stereocenters. The molecular weight excluding hydrogens is 318 g/mol. The largest absolute Gasteiger partial charge is 0.497 e. The summed E-state index contributed by atoms with van der Waals surface area (Å²) in [6.07, 6.45) is 2.25. The molecule has 6 heteroatoms. The third-order valence-corrected chi connectivity index (χ3v) is 4.56. The van der Waals surface area contributed by atoms with Gasteiger partial charge in [0.2, 0.25) is 11.8 Å². The van der Waals surface area contributed by atoms with Crippen molar-refractivity contribution in [1.29, 1.82) is 0 Å². The number of benzene rings is 1. The van der Waals surface area contributed by atoms with E-state index in [0.717, 1.165) is 30.9 Å². The van der Waals surface area contributed by atoms with E-state index in [1.807, 2.05) is 16.7 Å². The molecule has 6 nitrogen and oxygen atoms in total. The van der Waals surface area contributed by atoms with Gasteiger partial charge in [0.05, 0.1) is 20.2 Å². The lowest BCUT2D eigenvalue weighted by atomic mass is 10.0. The molecular formula is C19H29N3O3. The van der Waals surface area contributed by atoms with Crippen molar-refractivity contribution >= 4 is 17.5 Å². The molecule has 0 aliphatic carbocycles. The minimum atomic E-state index is -0.119. The van der Waals surface area contributed by atoms with E-state index in [1.165, 1.54) is 6.42 Å². The number of likely N-dealkylation sites (tertiary alicyclic amines) is 1. The number of likely N-dealkylation sites (N-methyl/N-ethyl adjacent to an activating group) is 1. The first kappa shape index (κ1) is 19.2. The molecule has 0 bridgehead atoms. The molecule has 1 heterocycles. The maximum atomic E-state index is 12.5. The van der Waals surface area contributed by atoms with Gasteiger partial charge in [-0.1, -0.05) is 13.8 Å². The van der Waals surface area contributed by atoms with E-state index >= 15 is 0 Å². The number of hydrogen-bond acceptors (Lipinski definition) is 4. The van der Waals surface area contributed by atoms with Crippen LogP contribution in [0.2, 0.25) is 0 Å². The molecule has 2 rings (SSSR count). The van der Waals surface area contributed by atoms with Crippen LogP contribution in [0.15, 0.2) is 24.3 Å². The number of carbonyl (C=O) groups is 2. The number of rotatable bonds is 7. The number of amides is 2. The summed E-state index contributed by atoms with van der Waals surface area (Å²) in [5.74, 6) is 1.30. The van der Waals surface area contributed by atoms with E-state index in [0.29, 0.717) is 19.0 Å². The molecule has 1 fully saturated rings. The second kappa shape index (κ2) is 9.42. The van der Waals surface area contributed by atoms with Crippen LogP contribution < -0.4 is 10.1 Å². The Morgan fingerprint density at radius 3 is 2.60 bits per heavy atom. The molecule has 1 aliphatic rings. The zero-order valence-corrected chi connectivity index (χ0v) is 15.5. The summed E-state index contributed by atoms with van der Waals surface area (Å²) in [4.78, 5) is 28.5. The summed E-state index contributed by atoms with van der Waals surface area (Å²) in [6.45, 7) is 6.96. The van der Waals surface area contributed by atoms with Gasteiger partial charge in [-0.2, -0.15) is 0 Å². The van der Waals surface area contributed by atoms with Crippen molar-refractivity contribution in [3.05, 3.63) is 24.3 Å². The average Bonchev–Trinajstić information content (AvgIpc) is 2.61. The van der Waals surface area contributed by atoms with E-state index in [1.54, 1.807) is 31.4 Å². The minimum Gasteiger partial charge on any atom is -0.497 e. The Balaban J connectivity index is 1.83. The van der Waals surface area contributed by atoms with E-state index < -0.39 is 0 Å². The van der Waals surface area contributed by atoms with Crippen LogP contribution in [0.3, 0.4) is 0 Å². The number of piperidine rings is 1. The maximum Gasteiger partial charge on any atom is 0.238 e. The molecule has 2 amide bonds. The summed E-state index contributed by atoms with van der Waals surface area (Å²) in [6, 6.07) is 7.20. The van der Waals surface area contributed by atoms with Crippen molar-refractivity contribution < 1.29 is 14.3 Å². The van der Waals surface area contributed by atoms with Gasteiger partial charge in [0.1, 0.15) is 5.75 Å². The normalized spacial score (nSPS) is 17.4. The van der Waals surface area contributed by atoms with Crippen molar-refractivity contribution in [3.63, 3.8) is 0 Å². The Morgan fingerprint density at radius 1 is 1.28 bits per heavy atom. The Labute approximate surface area is 150 Å². The summed E-state index contributed by atoms with van der Waals surface area (Å²) in [7, 11) is 1.60. The number of ether oxygens (including phenoxy) is 1.